The third-order valence-corrected chi connectivity index (χ3v) is 4.17. The maximum Gasteiger partial charge on any atom is 0.267 e. The molecular formula is C18H18N2O4. The summed E-state index contributed by atoms with van der Waals surface area (Å²) in [6.07, 6.45) is 2.83. The first-order chi connectivity index (χ1) is 11.8. The number of aromatic nitrogens is 1. The van der Waals surface area contributed by atoms with Gasteiger partial charge in [0.15, 0.2) is 11.5 Å². The number of pyridine rings is 1. The van der Waals surface area contributed by atoms with E-state index < -0.39 is 6.10 Å². The minimum absolute atomic E-state index is 0.0258. The quantitative estimate of drug-likeness (QED) is 0.857. The number of carbonyl (C=O) groups excluding carboxylic acids is 1. The second-order valence-corrected chi connectivity index (χ2v) is 5.97. The summed E-state index contributed by atoms with van der Waals surface area (Å²) in [5.41, 5.74) is 0. The first-order valence-electron chi connectivity index (χ1n) is 8.00. The van der Waals surface area contributed by atoms with Crippen molar-refractivity contribution in [1.82, 2.24) is 9.88 Å². The van der Waals surface area contributed by atoms with E-state index in [0.29, 0.717) is 37.1 Å². The molecule has 4 rings (SSSR count). The van der Waals surface area contributed by atoms with E-state index in [1.807, 2.05) is 36.4 Å². The highest BCUT2D eigenvalue weighted by atomic mass is 16.6. The van der Waals surface area contributed by atoms with Crippen LogP contribution < -0.4 is 14.2 Å². The Labute approximate surface area is 140 Å². The van der Waals surface area contributed by atoms with Gasteiger partial charge in [-0.3, -0.25) is 9.78 Å². The van der Waals surface area contributed by atoms with Crippen molar-refractivity contribution in [3.63, 3.8) is 0 Å². The van der Waals surface area contributed by atoms with E-state index in [1.165, 1.54) is 0 Å². The normalized spacial score (nSPS) is 19.5. The molecule has 0 aliphatic carbocycles. The zero-order valence-corrected chi connectivity index (χ0v) is 13.1. The van der Waals surface area contributed by atoms with Crippen LogP contribution >= 0.6 is 0 Å². The summed E-state index contributed by atoms with van der Waals surface area (Å²) in [6.45, 7) is 2.20. The van der Waals surface area contributed by atoms with Gasteiger partial charge in [-0.05, 0) is 24.3 Å². The Balaban J connectivity index is 1.26. The molecule has 0 saturated carbocycles. The number of amides is 1. The van der Waals surface area contributed by atoms with Crippen LogP contribution in [-0.4, -0.2) is 48.2 Å². The largest absolute Gasteiger partial charge is 0.492 e. The molecule has 1 aromatic carbocycles. The number of benzene rings is 1. The summed E-state index contributed by atoms with van der Waals surface area (Å²) in [5.74, 6) is 2.38. The molecule has 0 bridgehead atoms. The van der Waals surface area contributed by atoms with E-state index in [9.17, 15) is 4.79 Å². The van der Waals surface area contributed by atoms with Crippen LogP contribution in [0.3, 0.4) is 0 Å². The van der Waals surface area contributed by atoms with Gasteiger partial charge in [0.2, 0.25) is 6.10 Å². The molecule has 124 valence electrons. The van der Waals surface area contributed by atoms with Crippen molar-refractivity contribution in [1.29, 1.82) is 0 Å². The van der Waals surface area contributed by atoms with Crippen LogP contribution in [0.4, 0.5) is 0 Å². The summed E-state index contributed by atoms with van der Waals surface area (Å²) < 4.78 is 17.0. The highest BCUT2D eigenvalue weighted by molar-refractivity contribution is 5.82. The average molecular weight is 326 g/mol. The van der Waals surface area contributed by atoms with Gasteiger partial charge in [-0.15, -0.1) is 0 Å². The molecule has 2 aliphatic heterocycles. The van der Waals surface area contributed by atoms with E-state index in [1.54, 1.807) is 17.3 Å². The van der Waals surface area contributed by atoms with Crippen molar-refractivity contribution in [3.05, 3.63) is 48.8 Å². The van der Waals surface area contributed by atoms with Crippen LogP contribution in [-0.2, 0) is 4.79 Å². The molecule has 1 atom stereocenters. The summed E-state index contributed by atoms with van der Waals surface area (Å²) in [6, 6.07) is 11.1. The number of nitrogens with zero attached hydrogens (tertiary/aromatic N) is 2. The number of hydrogen-bond donors (Lipinski definition) is 0. The maximum atomic E-state index is 12.5. The second-order valence-electron chi connectivity index (χ2n) is 5.97. The molecular weight excluding hydrogens is 308 g/mol. The molecule has 1 unspecified atom stereocenters. The van der Waals surface area contributed by atoms with Gasteiger partial charge in [0.05, 0.1) is 12.8 Å². The van der Waals surface area contributed by atoms with Crippen molar-refractivity contribution in [2.45, 2.75) is 6.10 Å². The highest BCUT2D eigenvalue weighted by Gasteiger charge is 2.37. The molecule has 0 radical (unpaired) electrons. The molecule has 1 amide bonds. The first kappa shape index (κ1) is 14.8. The van der Waals surface area contributed by atoms with Gasteiger partial charge in [0, 0.05) is 25.2 Å². The lowest BCUT2D eigenvalue weighted by atomic mass is 10.0. The number of para-hydroxylation sites is 2. The molecule has 0 N–H and O–H groups in total. The van der Waals surface area contributed by atoms with Crippen molar-refractivity contribution in [3.8, 4) is 17.2 Å². The van der Waals surface area contributed by atoms with Crippen LogP contribution in [0.5, 0.6) is 17.2 Å². The fourth-order valence-corrected chi connectivity index (χ4v) is 2.85. The standard InChI is InChI=1S/C18H18N2O4/c21-18(17-12-23-15-5-1-2-6-16(15)24-17)20-9-13(10-20)11-22-14-4-3-7-19-8-14/h1-8,13,17H,9-12H2. The van der Waals surface area contributed by atoms with Gasteiger partial charge in [-0.1, -0.05) is 12.1 Å². The zero-order valence-electron chi connectivity index (χ0n) is 13.1. The maximum absolute atomic E-state index is 12.5. The number of likely N-dealkylation sites (tertiary alicyclic amines) is 1. The molecule has 2 aromatic rings. The van der Waals surface area contributed by atoms with Gasteiger partial charge in [0.25, 0.3) is 5.91 Å². The van der Waals surface area contributed by atoms with Crippen LogP contribution in [0, 0.1) is 5.92 Å². The van der Waals surface area contributed by atoms with Crippen molar-refractivity contribution in [2.24, 2.45) is 5.92 Å². The van der Waals surface area contributed by atoms with Gasteiger partial charge in [0.1, 0.15) is 12.4 Å². The second kappa shape index (κ2) is 6.39. The van der Waals surface area contributed by atoms with Gasteiger partial charge < -0.3 is 19.1 Å². The summed E-state index contributed by atoms with van der Waals surface area (Å²) in [7, 11) is 0. The lowest BCUT2D eigenvalue weighted by Gasteiger charge is -2.41. The predicted molar refractivity (Wildman–Crippen MR) is 86.2 cm³/mol. The highest BCUT2D eigenvalue weighted by Crippen LogP contribution is 2.32. The van der Waals surface area contributed by atoms with Crippen LogP contribution in [0.1, 0.15) is 0 Å². The Kier molecular flexibility index (Phi) is 3.94. The fraction of sp³-hybridized carbons (Fsp3) is 0.333. The Morgan fingerprint density at radius 3 is 2.83 bits per heavy atom. The summed E-state index contributed by atoms with van der Waals surface area (Å²) in [4.78, 5) is 18.3. The molecule has 24 heavy (non-hydrogen) atoms. The third-order valence-electron chi connectivity index (χ3n) is 4.17. The molecule has 1 saturated heterocycles. The van der Waals surface area contributed by atoms with E-state index in [-0.39, 0.29) is 12.5 Å². The zero-order chi connectivity index (χ0) is 16.4. The Morgan fingerprint density at radius 2 is 2.04 bits per heavy atom. The monoisotopic (exact) mass is 326 g/mol. The molecule has 3 heterocycles. The molecule has 1 aromatic heterocycles. The van der Waals surface area contributed by atoms with E-state index in [0.717, 1.165) is 5.75 Å². The van der Waals surface area contributed by atoms with Gasteiger partial charge >= 0.3 is 0 Å². The van der Waals surface area contributed by atoms with Crippen molar-refractivity contribution < 1.29 is 19.0 Å². The third kappa shape index (κ3) is 2.99. The average Bonchev–Trinajstić information content (AvgIpc) is 2.60. The van der Waals surface area contributed by atoms with Crippen LogP contribution in [0.2, 0.25) is 0 Å². The predicted octanol–water partition coefficient (Wildman–Crippen LogP) is 1.76. The summed E-state index contributed by atoms with van der Waals surface area (Å²) in [5, 5.41) is 0. The van der Waals surface area contributed by atoms with Crippen LogP contribution in [0.15, 0.2) is 48.8 Å². The smallest absolute Gasteiger partial charge is 0.267 e. The first-order valence-corrected chi connectivity index (χ1v) is 8.00. The van der Waals surface area contributed by atoms with Crippen molar-refractivity contribution >= 4 is 5.91 Å². The summed E-state index contributed by atoms with van der Waals surface area (Å²) >= 11 is 0. The number of hydrogen-bond acceptors (Lipinski definition) is 5. The lowest BCUT2D eigenvalue weighted by Crippen LogP contribution is -2.57. The molecule has 2 aliphatic rings. The Morgan fingerprint density at radius 1 is 1.21 bits per heavy atom. The topological polar surface area (TPSA) is 60.9 Å². The number of carbonyl (C=O) groups is 1. The Bertz CT molecular complexity index is 716. The molecule has 6 nitrogen and oxygen atoms in total. The fourth-order valence-electron chi connectivity index (χ4n) is 2.85. The number of rotatable bonds is 4. The number of fused-ring (bicyclic) bond motifs is 1. The number of ether oxygens (including phenoxy) is 3. The van der Waals surface area contributed by atoms with E-state index >= 15 is 0 Å². The molecule has 6 heteroatoms. The van der Waals surface area contributed by atoms with E-state index in [4.69, 9.17) is 14.2 Å². The minimum Gasteiger partial charge on any atom is -0.492 e. The van der Waals surface area contributed by atoms with Gasteiger partial charge in [-0.25, -0.2) is 0 Å². The Hall–Kier alpha value is -2.76. The minimum atomic E-state index is -0.569. The SMILES string of the molecule is O=C(C1COc2ccccc2O1)N1CC(COc2cccnc2)C1. The van der Waals surface area contributed by atoms with Gasteiger partial charge in [-0.2, -0.15) is 0 Å². The molecule has 0 spiro atoms. The van der Waals surface area contributed by atoms with Crippen molar-refractivity contribution in [2.75, 3.05) is 26.3 Å². The van der Waals surface area contributed by atoms with Crippen LogP contribution in [0.25, 0.3) is 0 Å². The lowest BCUT2D eigenvalue weighted by molar-refractivity contribution is -0.148. The molecule has 1 fully saturated rings. The van der Waals surface area contributed by atoms with E-state index in [2.05, 4.69) is 4.98 Å².